The van der Waals surface area contributed by atoms with Crippen LogP contribution in [0.4, 0.5) is 6.01 Å². The molecular formula is C20H14N2O2S. The fraction of sp³-hybridized carbons (Fsp3) is 0. The Morgan fingerprint density at radius 3 is 2.20 bits per heavy atom. The molecule has 25 heavy (non-hydrogen) atoms. The van der Waals surface area contributed by atoms with Crippen molar-refractivity contribution < 1.29 is 9.21 Å². The molecule has 2 aromatic heterocycles. The van der Waals surface area contributed by atoms with E-state index in [1.807, 2.05) is 72.1 Å². The average Bonchev–Trinajstić information content (AvgIpc) is 3.33. The Morgan fingerprint density at radius 2 is 1.56 bits per heavy atom. The molecule has 0 unspecified atom stereocenters. The van der Waals surface area contributed by atoms with Crippen LogP contribution in [0.5, 0.6) is 0 Å². The largest absolute Gasteiger partial charge is 0.423 e. The number of carbonyl (C=O) groups is 1. The van der Waals surface area contributed by atoms with E-state index < -0.39 is 0 Å². The highest BCUT2D eigenvalue weighted by molar-refractivity contribution is 7.12. The first-order valence-corrected chi connectivity index (χ1v) is 8.66. The number of benzene rings is 2. The van der Waals surface area contributed by atoms with Crippen molar-refractivity contribution in [1.29, 1.82) is 0 Å². The minimum atomic E-state index is -0.226. The average molecular weight is 346 g/mol. The molecule has 0 bridgehead atoms. The van der Waals surface area contributed by atoms with E-state index >= 15 is 0 Å². The molecule has 0 fully saturated rings. The van der Waals surface area contributed by atoms with Crippen molar-refractivity contribution in [2.45, 2.75) is 0 Å². The number of nitrogens with zero attached hydrogens (tertiary/aromatic N) is 1. The van der Waals surface area contributed by atoms with E-state index in [1.54, 1.807) is 6.07 Å². The van der Waals surface area contributed by atoms with Crippen molar-refractivity contribution in [2.75, 3.05) is 5.32 Å². The Kier molecular flexibility index (Phi) is 4.14. The molecule has 0 radical (unpaired) electrons. The summed E-state index contributed by atoms with van der Waals surface area (Å²) in [7, 11) is 0. The maximum absolute atomic E-state index is 12.3. The van der Waals surface area contributed by atoms with E-state index in [1.165, 1.54) is 11.3 Å². The second kappa shape index (κ2) is 6.75. The second-order valence-electron chi connectivity index (χ2n) is 5.36. The maximum atomic E-state index is 12.3. The highest BCUT2D eigenvalue weighted by atomic mass is 32.1. The van der Waals surface area contributed by atoms with Crippen LogP contribution >= 0.6 is 11.3 Å². The Labute approximate surface area is 148 Å². The van der Waals surface area contributed by atoms with Gasteiger partial charge in [-0.2, -0.15) is 4.98 Å². The second-order valence-corrected chi connectivity index (χ2v) is 6.31. The molecular weight excluding hydrogens is 332 g/mol. The normalized spacial score (nSPS) is 10.6. The Bertz CT molecular complexity index is 920. The SMILES string of the molecule is O=C(Nc1nc(-c2ccccc2)c(-c2ccccc2)o1)c1cccs1. The van der Waals surface area contributed by atoms with Gasteiger partial charge in [0.2, 0.25) is 0 Å². The third kappa shape index (κ3) is 3.22. The van der Waals surface area contributed by atoms with Gasteiger partial charge in [0.05, 0.1) is 4.88 Å². The van der Waals surface area contributed by atoms with E-state index in [-0.39, 0.29) is 11.9 Å². The number of nitrogens with one attached hydrogen (secondary N) is 1. The number of rotatable bonds is 4. The summed E-state index contributed by atoms with van der Waals surface area (Å²) in [6, 6.07) is 23.3. The Morgan fingerprint density at radius 1 is 0.880 bits per heavy atom. The minimum absolute atomic E-state index is 0.191. The smallest absolute Gasteiger partial charge is 0.302 e. The zero-order valence-electron chi connectivity index (χ0n) is 13.2. The standard InChI is InChI=1S/C20H14N2O2S/c23-19(16-12-7-13-25-16)22-20-21-17(14-8-3-1-4-9-14)18(24-20)15-10-5-2-6-11-15/h1-13H,(H,21,22,23). The van der Waals surface area contributed by atoms with Crippen LogP contribution in [0.3, 0.4) is 0 Å². The molecule has 2 aromatic carbocycles. The lowest BCUT2D eigenvalue weighted by atomic mass is 10.1. The fourth-order valence-electron chi connectivity index (χ4n) is 2.52. The van der Waals surface area contributed by atoms with Gasteiger partial charge >= 0.3 is 6.01 Å². The zero-order chi connectivity index (χ0) is 17.1. The van der Waals surface area contributed by atoms with Crippen molar-refractivity contribution in [3.63, 3.8) is 0 Å². The molecule has 4 nitrogen and oxygen atoms in total. The van der Waals surface area contributed by atoms with Crippen LogP contribution in [-0.2, 0) is 0 Å². The lowest BCUT2D eigenvalue weighted by Crippen LogP contribution is -2.10. The van der Waals surface area contributed by atoms with Gasteiger partial charge < -0.3 is 4.42 Å². The zero-order valence-corrected chi connectivity index (χ0v) is 14.0. The van der Waals surface area contributed by atoms with E-state index in [2.05, 4.69) is 10.3 Å². The molecule has 4 aromatic rings. The third-order valence-electron chi connectivity index (χ3n) is 3.68. The van der Waals surface area contributed by atoms with Crippen molar-refractivity contribution in [3.8, 4) is 22.6 Å². The Hall–Kier alpha value is -3.18. The predicted octanol–water partition coefficient (Wildman–Crippen LogP) is 5.32. The summed E-state index contributed by atoms with van der Waals surface area (Å²) in [6.45, 7) is 0. The molecule has 0 saturated heterocycles. The summed E-state index contributed by atoms with van der Waals surface area (Å²) in [6.07, 6.45) is 0. The lowest BCUT2D eigenvalue weighted by Gasteiger charge is -2.00. The quantitative estimate of drug-likeness (QED) is 0.544. The van der Waals surface area contributed by atoms with Crippen LogP contribution in [0.2, 0.25) is 0 Å². The Balaban J connectivity index is 1.75. The highest BCUT2D eigenvalue weighted by Crippen LogP contribution is 2.34. The van der Waals surface area contributed by atoms with E-state index in [0.717, 1.165) is 11.1 Å². The molecule has 0 aliphatic carbocycles. The van der Waals surface area contributed by atoms with Gasteiger partial charge in [-0.1, -0.05) is 66.7 Å². The molecule has 0 atom stereocenters. The van der Waals surface area contributed by atoms with Crippen LogP contribution in [0.15, 0.2) is 82.6 Å². The summed E-state index contributed by atoms with van der Waals surface area (Å²) in [5.74, 6) is 0.406. The number of anilines is 1. The topological polar surface area (TPSA) is 55.1 Å². The van der Waals surface area contributed by atoms with Gasteiger partial charge in [-0.05, 0) is 11.4 Å². The first-order valence-electron chi connectivity index (χ1n) is 7.78. The van der Waals surface area contributed by atoms with Crippen molar-refractivity contribution in [1.82, 2.24) is 4.98 Å². The van der Waals surface area contributed by atoms with E-state index in [9.17, 15) is 4.79 Å². The summed E-state index contributed by atoms with van der Waals surface area (Å²) < 4.78 is 5.89. The number of aromatic nitrogens is 1. The summed E-state index contributed by atoms with van der Waals surface area (Å²) in [4.78, 5) is 17.4. The van der Waals surface area contributed by atoms with Crippen LogP contribution in [-0.4, -0.2) is 10.9 Å². The van der Waals surface area contributed by atoms with E-state index in [4.69, 9.17) is 4.42 Å². The number of carbonyl (C=O) groups excluding carboxylic acids is 1. The number of hydrogen-bond acceptors (Lipinski definition) is 4. The molecule has 0 aliphatic heterocycles. The molecule has 4 rings (SSSR count). The molecule has 1 N–H and O–H groups in total. The monoisotopic (exact) mass is 346 g/mol. The number of oxazole rings is 1. The van der Waals surface area contributed by atoms with Crippen LogP contribution in [0.25, 0.3) is 22.6 Å². The van der Waals surface area contributed by atoms with Gasteiger partial charge in [0.1, 0.15) is 5.69 Å². The number of hydrogen-bond donors (Lipinski definition) is 1. The summed E-state index contributed by atoms with van der Waals surface area (Å²) >= 11 is 1.37. The molecule has 2 heterocycles. The first kappa shape index (κ1) is 15.4. The molecule has 0 saturated carbocycles. The van der Waals surface area contributed by atoms with Gasteiger partial charge in [-0.25, -0.2) is 0 Å². The summed E-state index contributed by atoms with van der Waals surface area (Å²) in [5.41, 5.74) is 2.54. The maximum Gasteiger partial charge on any atom is 0.302 e. The van der Waals surface area contributed by atoms with Gasteiger partial charge in [-0.15, -0.1) is 11.3 Å². The van der Waals surface area contributed by atoms with E-state index in [0.29, 0.717) is 16.3 Å². The van der Waals surface area contributed by atoms with Gasteiger partial charge in [-0.3, -0.25) is 10.1 Å². The molecule has 0 spiro atoms. The van der Waals surface area contributed by atoms with Crippen molar-refractivity contribution in [2.24, 2.45) is 0 Å². The van der Waals surface area contributed by atoms with Crippen LogP contribution in [0.1, 0.15) is 9.67 Å². The molecule has 122 valence electrons. The number of amides is 1. The van der Waals surface area contributed by atoms with Crippen molar-refractivity contribution in [3.05, 3.63) is 83.1 Å². The highest BCUT2D eigenvalue weighted by Gasteiger charge is 2.18. The van der Waals surface area contributed by atoms with Crippen LogP contribution in [0, 0.1) is 0 Å². The summed E-state index contributed by atoms with van der Waals surface area (Å²) in [5, 5.41) is 4.59. The predicted molar refractivity (Wildman–Crippen MR) is 99.6 cm³/mol. The first-order chi connectivity index (χ1) is 12.3. The van der Waals surface area contributed by atoms with Gasteiger partial charge in [0.25, 0.3) is 5.91 Å². The minimum Gasteiger partial charge on any atom is -0.423 e. The lowest BCUT2D eigenvalue weighted by molar-refractivity contribution is 0.102. The fourth-order valence-corrected chi connectivity index (χ4v) is 3.14. The molecule has 5 heteroatoms. The number of thiophene rings is 1. The molecule has 1 amide bonds. The van der Waals surface area contributed by atoms with Crippen LogP contribution < -0.4 is 5.32 Å². The third-order valence-corrected chi connectivity index (χ3v) is 4.54. The van der Waals surface area contributed by atoms with Crippen molar-refractivity contribution >= 4 is 23.3 Å². The van der Waals surface area contributed by atoms with Gasteiger partial charge in [0, 0.05) is 11.1 Å². The van der Waals surface area contributed by atoms with Gasteiger partial charge in [0.15, 0.2) is 5.76 Å². The molecule has 0 aliphatic rings.